The molecule has 0 amide bonds. The van der Waals surface area contributed by atoms with Gasteiger partial charge in [-0.1, -0.05) is 0 Å². The van der Waals surface area contributed by atoms with E-state index < -0.39 is 0 Å². The molecule has 1 aliphatic rings. The molecule has 0 spiro atoms. The smallest absolute Gasteiger partial charge is 0.231 e. The zero-order chi connectivity index (χ0) is 7.68. The van der Waals surface area contributed by atoms with Crippen molar-refractivity contribution in [3.63, 3.8) is 0 Å². The van der Waals surface area contributed by atoms with Crippen molar-refractivity contribution >= 4 is 0 Å². The first-order valence-corrected chi connectivity index (χ1v) is 3.26. The van der Waals surface area contributed by atoms with Crippen LogP contribution in [0.15, 0.2) is 12.1 Å². The standard InChI is InChI=1S/C8H7O3/c1-9-6-2-3-7-8(4-6)11-5-10-7/h2-3H,5H2,1H3. The van der Waals surface area contributed by atoms with Crippen molar-refractivity contribution in [2.75, 3.05) is 13.9 Å². The van der Waals surface area contributed by atoms with E-state index in [0.29, 0.717) is 11.5 Å². The fourth-order valence-electron chi connectivity index (χ4n) is 0.934. The number of ether oxygens (including phenoxy) is 3. The lowest BCUT2D eigenvalue weighted by Crippen LogP contribution is -1.92. The van der Waals surface area contributed by atoms with Gasteiger partial charge in [0.2, 0.25) is 6.79 Å². The van der Waals surface area contributed by atoms with Gasteiger partial charge in [0.1, 0.15) is 5.75 Å². The van der Waals surface area contributed by atoms with E-state index in [1.54, 1.807) is 19.2 Å². The Kier molecular flexibility index (Phi) is 1.35. The quantitative estimate of drug-likeness (QED) is 0.604. The third-order valence-corrected chi connectivity index (χ3v) is 1.48. The summed E-state index contributed by atoms with van der Waals surface area (Å²) in [4.78, 5) is 0. The first-order chi connectivity index (χ1) is 5.40. The molecule has 0 saturated carbocycles. The van der Waals surface area contributed by atoms with Crippen LogP contribution in [0.1, 0.15) is 0 Å². The van der Waals surface area contributed by atoms with Gasteiger partial charge in [0, 0.05) is 0 Å². The molecule has 2 rings (SSSR count). The zero-order valence-electron chi connectivity index (χ0n) is 6.09. The molecule has 0 bridgehead atoms. The molecular formula is C8H7O3. The van der Waals surface area contributed by atoms with Crippen molar-refractivity contribution < 1.29 is 14.2 Å². The van der Waals surface area contributed by atoms with Gasteiger partial charge in [-0.05, 0) is 12.1 Å². The lowest BCUT2D eigenvalue weighted by molar-refractivity contribution is 0.173. The minimum Gasteiger partial charge on any atom is -0.496 e. The summed E-state index contributed by atoms with van der Waals surface area (Å²) in [7, 11) is 1.59. The summed E-state index contributed by atoms with van der Waals surface area (Å²) in [6.45, 7) is 0.277. The van der Waals surface area contributed by atoms with Crippen LogP contribution in [0.3, 0.4) is 0 Å². The Labute approximate surface area is 64.5 Å². The second-order valence-electron chi connectivity index (χ2n) is 2.13. The van der Waals surface area contributed by atoms with Gasteiger partial charge in [-0.3, -0.25) is 0 Å². The van der Waals surface area contributed by atoms with Gasteiger partial charge < -0.3 is 14.2 Å². The Morgan fingerprint density at radius 3 is 3.18 bits per heavy atom. The van der Waals surface area contributed by atoms with Gasteiger partial charge in [-0.25, -0.2) is 0 Å². The van der Waals surface area contributed by atoms with E-state index in [2.05, 4.69) is 6.07 Å². The highest BCUT2D eigenvalue weighted by atomic mass is 16.7. The molecule has 1 aromatic rings. The van der Waals surface area contributed by atoms with E-state index in [4.69, 9.17) is 14.2 Å². The van der Waals surface area contributed by atoms with Crippen LogP contribution in [0.2, 0.25) is 0 Å². The number of rotatable bonds is 1. The monoisotopic (exact) mass is 151 g/mol. The molecule has 0 unspecified atom stereocenters. The van der Waals surface area contributed by atoms with Crippen LogP contribution < -0.4 is 14.2 Å². The van der Waals surface area contributed by atoms with E-state index in [9.17, 15) is 0 Å². The van der Waals surface area contributed by atoms with Crippen LogP contribution in [0.4, 0.5) is 0 Å². The van der Waals surface area contributed by atoms with E-state index in [1.165, 1.54) is 0 Å². The first kappa shape index (κ1) is 6.34. The molecular weight excluding hydrogens is 144 g/mol. The highest BCUT2D eigenvalue weighted by Crippen LogP contribution is 2.33. The Morgan fingerprint density at radius 2 is 2.36 bits per heavy atom. The van der Waals surface area contributed by atoms with Crippen molar-refractivity contribution in [2.45, 2.75) is 0 Å². The number of fused-ring (bicyclic) bond motifs is 1. The van der Waals surface area contributed by atoms with Gasteiger partial charge in [-0.2, -0.15) is 0 Å². The van der Waals surface area contributed by atoms with E-state index in [-0.39, 0.29) is 6.79 Å². The van der Waals surface area contributed by atoms with Crippen LogP contribution in [0.25, 0.3) is 0 Å². The number of benzene rings is 1. The van der Waals surface area contributed by atoms with E-state index in [1.807, 2.05) is 0 Å². The minimum atomic E-state index is 0.277. The van der Waals surface area contributed by atoms with Crippen LogP contribution in [-0.4, -0.2) is 13.9 Å². The van der Waals surface area contributed by atoms with Crippen molar-refractivity contribution in [1.82, 2.24) is 0 Å². The Morgan fingerprint density at radius 1 is 1.45 bits per heavy atom. The lowest BCUT2D eigenvalue weighted by Gasteiger charge is -1.98. The van der Waals surface area contributed by atoms with Gasteiger partial charge >= 0.3 is 0 Å². The lowest BCUT2D eigenvalue weighted by atomic mass is 10.3. The molecule has 0 saturated heterocycles. The molecule has 57 valence electrons. The van der Waals surface area contributed by atoms with Gasteiger partial charge in [0.15, 0.2) is 11.5 Å². The summed E-state index contributed by atoms with van der Waals surface area (Å²) in [5.74, 6) is 2.02. The maximum absolute atomic E-state index is 5.09. The largest absolute Gasteiger partial charge is 0.496 e. The zero-order valence-corrected chi connectivity index (χ0v) is 6.09. The van der Waals surface area contributed by atoms with E-state index in [0.717, 1.165) is 5.75 Å². The molecule has 3 heteroatoms. The average molecular weight is 151 g/mol. The molecule has 0 fully saturated rings. The molecule has 0 N–H and O–H groups in total. The van der Waals surface area contributed by atoms with Gasteiger partial charge in [-0.15, -0.1) is 0 Å². The summed E-state index contributed by atoms with van der Waals surface area (Å²) in [5.41, 5.74) is 0. The molecule has 11 heavy (non-hydrogen) atoms. The highest BCUT2D eigenvalue weighted by molar-refractivity contribution is 5.45. The summed E-state index contributed by atoms with van der Waals surface area (Å²) in [6, 6.07) is 6.49. The molecule has 3 nitrogen and oxygen atoms in total. The normalized spacial score (nSPS) is 13.2. The summed E-state index contributed by atoms with van der Waals surface area (Å²) >= 11 is 0. The van der Waals surface area contributed by atoms with Crippen LogP contribution in [0, 0.1) is 6.07 Å². The Bertz CT molecular complexity index is 270. The third-order valence-electron chi connectivity index (χ3n) is 1.48. The summed E-state index contributed by atoms with van der Waals surface area (Å²) in [5, 5.41) is 0. The predicted octanol–water partition coefficient (Wildman–Crippen LogP) is 1.22. The van der Waals surface area contributed by atoms with Crippen LogP contribution in [-0.2, 0) is 0 Å². The van der Waals surface area contributed by atoms with Crippen molar-refractivity contribution in [3.8, 4) is 17.2 Å². The van der Waals surface area contributed by atoms with Gasteiger partial charge in [0.05, 0.1) is 13.2 Å². The van der Waals surface area contributed by atoms with Crippen molar-refractivity contribution in [2.24, 2.45) is 0 Å². The summed E-state index contributed by atoms with van der Waals surface area (Å²) in [6.07, 6.45) is 0. The number of hydrogen-bond donors (Lipinski definition) is 0. The molecule has 1 radical (unpaired) electrons. The second kappa shape index (κ2) is 2.34. The minimum absolute atomic E-state index is 0.277. The Balaban J connectivity index is 2.41. The molecule has 1 heterocycles. The van der Waals surface area contributed by atoms with Crippen molar-refractivity contribution in [3.05, 3.63) is 18.2 Å². The molecule has 1 aromatic carbocycles. The number of hydrogen-bond acceptors (Lipinski definition) is 3. The van der Waals surface area contributed by atoms with Crippen LogP contribution >= 0.6 is 0 Å². The topological polar surface area (TPSA) is 27.7 Å². The Hall–Kier alpha value is -1.38. The second-order valence-corrected chi connectivity index (χ2v) is 2.13. The highest BCUT2D eigenvalue weighted by Gasteiger charge is 2.13. The molecule has 0 aliphatic carbocycles. The average Bonchev–Trinajstić information content (AvgIpc) is 2.50. The first-order valence-electron chi connectivity index (χ1n) is 3.26. The SMILES string of the molecule is COc1[c]c2c(cc1)OCO2. The fourth-order valence-corrected chi connectivity index (χ4v) is 0.934. The molecule has 1 aliphatic heterocycles. The maximum Gasteiger partial charge on any atom is 0.231 e. The summed E-state index contributed by atoms with van der Waals surface area (Å²) < 4.78 is 15.1. The predicted molar refractivity (Wildman–Crippen MR) is 38.0 cm³/mol. The fraction of sp³-hybridized carbons (Fsp3) is 0.250. The van der Waals surface area contributed by atoms with Crippen molar-refractivity contribution in [1.29, 1.82) is 0 Å². The maximum atomic E-state index is 5.09. The molecule has 0 atom stereocenters. The third kappa shape index (κ3) is 0.981. The van der Waals surface area contributed by atoms with Gasteiger partial charge in [0.25, 0.3) is 0 Å². The van der Waals surface area contributed by atoms with Crippen LogP contribution in [0.5, 0.6) is 17.2 Å². The van der Waals surface area contributed by atoms with E-state index >= 15 is 0 Å². The molecule has 0 aromatic heterocycles. The number of methoxy groups -OCH3 is 1.